The van der Waals surface area contributed by atoms with E-state index in [1.54, 1.807) is 6.08 Å². The molecule has 0 radical (unpaired) electrons. The van der Waals surface area contributed by atoms with Crippen LogP contribution < -0.4 is 5.32 Å². The molecule has 2 aliphatic rings. The zero-order valence-electron chi connectivity index (χ0n) is 37.6. The molecule has 0 spiro atoms. The SMILES string of the molecule is CC/C=C\C/C=C\C/C=C\C/C=C\CCCCCCCCCCC(=O)NC(COC1OC(CO)C(OC2OC(CO)C(O)C(O)C2O)C(O)C1O)C(O)/C=C/CCCCCCC. The summed E-state index contributed by atoms with van der Waals surface area (Å²) < 4.78 is 22.6. The second kappa shape index (κ2) is 35.0. The zero-order chi connectivity index (χ0) is 45.4. The smallest absolute Gasteiger partial charge is 0.220 e. The molecular weight excluding hydrogens is 799 g/mol. The van der Waals surface area contributed by atoms with Gasteiger partial charge < -0.3 is 65.1 Å². The van der Waals surface area contributed by atoms with Crippen LogP contribution >= 0.6 is 0 Å². The first kappa shape index (κ1) is 55.8. The average molecular weight is 882 g/mol. The lowest BCUT2D eigenvalue weighted by molar-refractivity contribution is -0.359. The number of unbranched alkanes of at least 4 members (excludes halogenated alkanes) is 13. The van der Waals surface area contributed by atoms with Crippen molar-refractivity contribution < 1.29 is 64.6 Å². The summed E-state index contributed by atoms with van der Waals surface area (Å²) in [6, 6.07) is -0.917. The normalized spacial score (nSPS) is 28.3. The van der Waals surface area contributed by atoms with Crippen molar-refractivity contribution in [2.75, 3.05) is 19.8 Å². The molecule has 12 atom stereocenters. The summed E-state index contributed by atoms with van der Waals surface area (Å²) in [4.78, 5) is 13.1. The van der Waals surface area contributed by atoms with Crippen molar-refractivity contribution >= 4 is 5.91 Å². The summed E-state index contributed by atoms with van der Waals surface area (Å²) in [6.45, 7) is 2.57. The van der Waals surface area contributed by atoms with Gasteiger partial charge in [-0.25, -0.2) is 0 Å². The van der Waals surface area contributed by atoms with Crippen molar-refractivity contribution in [2.45, 2.75) is 216 Å². The second-order valence-electron chi connectivity index (χ2n) is 16.5. The molecule has 2 rings (SSSR count). The van der Waals surface area contributed by atoms with E-state index >= 15 is 0 Å². The van der Waals surface area contributed by atoms with E-state index in [9.17, 15) is 45.6 Å². The van der Waals surface area contributed by atoms with Gasteiger partial charge in [0.05, 0.1) is 32.0 Å². The minimum atomic E-state index is -1.79. The van der Waals surface area contributed by atoms with Crippen LogP contribution in [0, 0.1) is 0 Å². The number of ether oxygens (including phenoxy) is 4. The molecule has 62 heavy (non-hydrogen) atoms. The summed E-state index contributed by atoms with van der Waals surface area (Å²) in [6.07, 6.45) is 24.4. The molecule has 0 aliphatic carbocycles. The molecule has 2 fully saturated rings. The molecule has 2 aliphatic heterocycles. The number of aliphatic hydroxyl groups is 8. The number of hydrogen-bond acceptors (Lipinski definition) is 13. The van der Waals surface area contributed by atoms with Crippen molar-refractivity contribution in [3.8, 4) is 0 Å². The van der Waals surface area contributed by atoms with E-state index in [0.29, 0.717) is 6.42 Å². The zero-order valence-corrected chi connectivity index (χ0v) is 37.6. The Labute approximate surface area is 371 Å². The van der Waals surface area contributed by atoms with Gasteiger partial charge in [0, 0.05) is 6.42 Å². The van der Waals surface area contributed by atoms with Gasteiger partial charge in [-0.3, -0.25) is 4.79 Å². The number of aliphatic hydroxyl groups excluding tert-OH is 8. The largest absolute Gasteiger partial charge is 0.394 e. The molecular formula is C48H83NO13. The first-order valence-corrected chi connectivity index (χ1v) is 23.5. The van der Waals surface area contributed by atoms with Gasteiger partial charge in [-0.15, -0.1) is 0 Å². The molecule has 12 unspecified atom stereocenters. The molecule has 2 heterocycles. The van der Waals surface area contributed by atoms with Gasteiger partial charge in [0.2, 0.25) is 5.91 Å². The molecule has 0 aromatic rings. The van der Waals surface area contributed by atoms with Gasteiger partial charge >= 0.3 is 0 Å². The molecule has 1 amide bonds. The van der Waals surface area contributed by atoms with Crippen molar-refractivity contribution in [3.63, 3.8) is 0 Å². The number of hydrogen-bond donors (Lipinski definition) is 9. The summed E-state index contributed by atoms with van der Waals surface area (Å²) in [5.74, 6) is -0.257. The van der Waals surface area contributed by atoms with Crippen LogP contribution in [0.2, 0.25) is 0 Å². The predicted octanol–water partition coefficient (Wildman–Crippen LogP) is 5.10. The lowest BCUT2D eigenvalue weighted by Gasteiger charge is -2.46. The number of amides is 1. The lowest BCUT2D eigenvalue weighted by Crippen LogP contribution is -2.65. The fraction of sp³-hybridized carbons (Fsp3) is 0.771. The third kappa shape index (κ3) is 22.5. The highest BCUT2D eigenvalue weighted by atomic mass is 16.7. The highest BCUT2D eigenvalue weighted by Gasteiger charge is 2.50. The molecule has 0 saturated carbocycles. The van der Waals surface area contributed by atoms with Crippen LogP contribution in [-0.2, 0) is 23.7 Å². The Morgan fingerprint density at radius 2 is 1.11 bits per heavy atom. The van der Waals surface area contributed by atoms with Crippen LogP contribution in [0.4, 0.5) is 0 Å². The van der Waals surface area contributed by atoms with E-state index in [4.69, 9.17) is 18.9 Å². The topological polar surface area (TPSA) is 228 Å². The second-order valence-corrected chi connectivity index (χ2v) is 16.5. The maximum absolute atomic E-state index is 13.1. The Kier molecular flexibility index (Phi) is 31.5. The van der Waals surface area contributed by atoms with Crippen molar-refractivity contribution in [2.24, 2.45) is 0 Å². The number of carbonyl (C=O) groups is 1. The standard InChI is InChI=1S/C48H83NO13/c1-3-5-7-9-11-12-13-14-15-16-17-18-19-20-21-22-23-24-26-28-30-32-40(53)49-36(37(52)31-29-27-25-10-8-6-4-2)35-59-47-45(58)43(56)46(39(34-51)61-47)62-48-44(57)42(55)41(54)38(33-50)60-48/h5,7,11-12,14-15,17-18,29,31,36-39,41-48,50-52,54-58H,3-4,6,8-10,13,16,19-28,30,32-35H2,1-2H3,(H,49,53)/b7-5-,12-11-,15-14-,18-17-,31-29+. The summed E-state index contributed by atoms with van der Waals surface area (Å²) in [5, 5.41) is 86.3. The van der Waals surface area contributed by atoms with Crippen LogP contribution in [0.3, 0.4) is 0 Å². The molecule has 0 aromatic heterocycles. The van der Waals surface area contributed by atoms with E-state index in [-0.39, 0.29) is 18.9 Å². The summed E-state index contributed by atoms with van der Waals surface area (Å²) >= 11 is 0. The quantitative estimate of drug-likeness (QED) is 0.0304. The fourth-order valence-electron chi connectivity index (χ4n) is 7.34. The number of carbonyl (C=O) groups excluding carboxylic acids is 1. The average Bonchev–Trinajstić information content (AvgIpc) is 3.27. The number of allylic oxidation sites excluding steroid dienone is 9. The van der Waals surface area contributed by atoms with Gasteiger partial charge in [-0.05, 0) is 57.8 Å². The molecule has 9 N–H and O–H groups in total. The van der Waals surface area contributed by atoms with Crippen LogP contribution in [0.15, 0.2) is 60.8 Å². The monoisotopic (exact) mass is 882 g/mol. The van der Waals surface area contributed by atoms with E-state index in [1.807, 2.05) is 6.08 Å². The van der Waals surface area contributed by atoms with Crippen LogP contribution in [0.5, 0.6) is 0 Å². The fourth-order valence-corrected chi connectivity index (χ4v) is 7.34. The first-order chi connectivity index (χ1) is 30.1. The molecule has 0 aromatic carbocycles. The third-order valence-electron chi connectivity index (χ3n) is 11.2. The maximum Gasteiger partial charge on any atom is 0.220 e. The van der Waals surface area contributed by atoms with E-state index in [0.717, 1.165) is 83.5 Å². The summed E-state index contributed by atoms with van der Waals surface area (Å²) in [5.41, 5.74) is 0. The molecule has 14 nitrogen and oxygen atoms in total. The number of rotatable bonds is 34. The highest BCUT2D eigenvalue weighted by molar-refractivity contribution is 5.76. The molecule has 358 valence electrons. The van der Waals surface area contributed by atoms with Gasteiger partial charge in [0.25, 0.3) is 0 Å². The van der Waals surface area contributed by atoms with Gasteiger partial charge in [-0.1, -0.05) is 139 Å². The first-order valence-electron chi connectivity index (χ1n) is 23.5. The van der Waals surface area contributed by atoms with Gasteiger partial charge in [0.1, 0.15) is 48.8 Å². The Morgan fingerprint density at radius 1 is 0.597 bits per heavy atom. The summed E-state index contributed by atoms with van der Waals surface area (Å²) in [7, 11) is 0. The van der Waals surface area contributed by atoms with Crippen LogP contribution in [0.25, 0.3) is 0 Å². The van der Waals surface area contributed by atoms with Crippen molar-refractivity contribution in [1.29, 1.82) is 0 Å². The lowest BCUT2D eigenvalue weighted by atomic mass is 9.97. The van der Waals surface area contributed by atoms with Crippen molar-refractivity contribution in [3.05, 3.63) is 60.8 Å². The van der Waals surface area contributed by atoms with E-state index in [2.05, 4.69) is 67.8 Å². The van der Waals surface area contributed by atoms with E-state index < -0.39 is 86.8 Å². The van der Waals surface area contributed by atoms with Crippen LogP contribution in [-0.4, -0.2) is 140 Å². The Balaban J connectivity index is 1.79. The highest BCUT2D eigenvalue weighted by Crippen LogP contribution is 2.30. The minimum Gasteiger partial charge on any atom is -0.394 e. The Hall–Kier alpha value is -2.31. The minimum absolute atomic E-state index is 0.257. The predicted molar refractivity (Wildman–Crippen MR) is 240 cm³/mol. The number of nitrogens with one attached hydrogen (secondary N) is 1. The van der Waals surface area contributed by atoms with Crippen molar-refractivity contribution in [1.82, 2.24) is 5.32 Å². The third-order valence-corrected chi connectivity index (χ3v) is 11.2. The molecule has 14 heteroatoms. The Morgan fingerprint density at radius 3 is 1.71 bits per heavy atom. The molecule has 2 saturated heterocycles. The van der Waals surface area contributed by atoms with Gasteiger partial charge in [-0.2, -0.15) is 0 Å². The molecule has 0 bridgehead atoms. The van der Waals surface area contributed by atoms with Gasteiger partial charge in [0.15, 0.2) is 12.6 Å². The van der Waals surface area contributed by atoms with E-state index in [1.165, 1.54) is 32.1 Å². The van der Waals surface area contributed by atoms with Crippen LogP contribution in [0.1, 0.15) is 142 Å². The Bertz CT molecular complexity index is 1270. The maximum atomic E-state index is 13.1.